The van der Waals surface area contributed by atoms with Crippen LogP contribution in [0.2, 0.25) is 0 Å². The normalized spacial score (nSPS) is 11.0. The smallest absolute Gasteiger partial charge is 0.180 e. The van der Waals surface area contributed by atoms with Crippen LogP contribution in [-0.4, -0.2) is 20.2 Å². The van der Waals surface area contributed by atoms with Gasteiger partial charge in [0.2, 0.25) is 0 Å². The van der Waals surface area contributed by atoms with Crippen LogP contribution in [0.15, 0.2) is 30.9 Å². The first-order valence-electron chi connectivity index (χ1n) is 6.06. The van der Waals surface area contributed by atoms with Crippen LogP contribution >= 0.6 is 0 Å². The number of hydrogen-bond acceptors (Lipinski definition) is 4. The molecule has 0 saturated carbocycles. The summed E-state index contributed by atoms with van der Waals surface area (Å²) in [5, 5.41) is 0. The highest BCUT2D eigenvalue weighted by molar-refractivity contribution is 5.98. The number of aromatic nitrogens is 3. The van der Waals surface area contributed by atoms with Gasteiger partial charge in [0.25, 0.3) is 0 Å². The molecule has 0 aliphatic carbocycles. The van der Waals surface area contributed by atoms with Crippen LogP contribution in [0, 0.1) is 11.6 Å². The topological polar surface area (TPSA) is 73.3 Å². The SMILES string of the molecule is CC(=O)c1ncn2cc(-c3c(F)ccc(N)c3F)ncc12. The van der Waals surface area contributed by atoms with Crippen molar-refractivity contribution in [1.29, 1.82) is 0 Å². The van der Waals surface area contributed by atoms with Gasteiger partial charge in [-0.2, -0.15) is 0 Å². The van der Waals surface area contributed by atoms with Gasteiger partial charge >= 0.3 is 0 Å². The van der Waals surface area contributed by atoms with E-state index >= 15 is 0 Å². The number of nitrogens with zero attached hydrogens (tertiary/aromatic N) is 3. The van der Waals surface area contributed by atoms with Crippen molar-refractivity contribution in [2.75, 3.05) is 5.73 Å². The molecular weight excluding hydrogens is 278 g/mol. The Bertz CT molecular complexity index is 873. The first-order valence-corrected chi connectivity index (χ1v) is 6.06. The zero-order valence-electron chi connectivity index (χ0n) is 11.0. The molecule has 0 fully saturated rings. The molecule has 0 aliphatic rings. The maximum atomic E-state index is 14.0. The molecule has 1 aromatic carbocycles. The maximum Gasteiger partial charge on any atom is 0.180 e. The van der Waals surface area contributed by atoms with E-state index in [0.29, 0.717) is 5.52 Å². The van der Waals surface area contributed by atoms with Crippen LogP contribution in [0.1, 0.15) is 17.4 Å². The molecule has 0 saturated heterocycles. The molecule has 2 aromatic heterocycles. The molecule has 2 heterocycles. The predicted molar refractivity (Wildman–Crippen MR) is 72.8 cm³/mol. The summed E-state index contributed by atoms with van der Waals surface area (Å²) in [7, 11) is 0. The van der Waals surface area contributed by atoms with Crippen molar-refractivity contribution in [3.05, 3.63) is 48.2 Å². The summed E-state index contributed by atoms with van der Waals surface area (Å²) in [5.41, 5.74) is 5.76. The van der Waals surface area contributed by atoms with Gasteiger partial charge in [-0.3, -0.25) is 9.78 Å². The molecule has 0 radical (unpaired) electrons. The molecule has 0 atom stereocenters. The molecule has 0 amide bonds. The lowest BCUT2D eigenvalue weighted by molar-refractivity contribution is 0.101. The zero-order chi connectivity index (χ0) is 15.1. The minimum atomic E-state index is -0.867. The molecule has 0 bridgehead atoms. The molecule has 0 spiro atoms. The van der Waals surface area contributed by atoms with Crippen LogP contribution in [-0.2, 0) is 0 Å². The first-order chi connectivity index (χ1) is 9.99. The third-order valence-electron chi connectivity index (χ3n) is 3.13. The number of Topliss-reactive ketones (excluding diaryl/α,β-unsaturated/α-hetero) is 1. The molecule has 2 N–H and O–H groups in total. The number of anilines is 1. The number of halogens is 2. The Hall–Kier alpha value is -2.83. The number of fused-ring (bicyclic) bond motifs is 1. The lowest BCUT2D eigenvalue weighted by atomic mass is 10.1. The summed E-state index contributed by atoms with van der Waals surface area (Å²) in [6.45, 7) is 1.38. The molecule has 3 aromatic rings. The van der Waals surface area contributed by atoms with E-state index in [-0.39, 0.29) is 28.4 Å². The van der Waals surface area contributed by atoms with E-state index in [1.807, 2.05) is 0 Å². The highest BCUT2D eigenvalue weighted by Crippen LogP contribution is 2.28. The van der Waals surface area contributed by atoms with Gasteiger partial charge in [0, 0.05) is 13.1 Å². The molecule has 21 heavy (non-hydrogen) atoms. The summed E-state index contributed by atoms with van der Waals surface area (Å²) < 4.78 is 29.3. The van der Waals surface area contributed by atoms with Gasteiger partial charge in [-0.05, 0) is 12.1 Å². The lowest BCUT2D eigenvalue weighted by Gasteiger charge is -2.07. The second-order valence-electron chi connectivity index (χ2n) is 4.54. The summed E-state index contributed by atoms with van der Waals surface area (Å²) in [6.07, 6.45) is 4.14. The van der Waals surface area contributed by atoms with E-state index in [0.717, 1.165) is 12.1 Å². The average molecular weight is 288 g/mol. The van der Waals surface area contributed by atoms with E-state index in [4.69, 9.17) is 5.73 Å². The fourth-order valence-corrected chi connectivity index (χ4v) is 2.10. The van der Waals surface area contributed by atoms with Crippen LogP contribution < -0.4 is 5.73 Å². The van der Waals surface area contributed by atoms with Crippen LogP contribution in [0.4, 0.5) is 14.5 Å². The number of rotatable bonds is 2. The predicted octanol–water partition coefficient (Wildman–Crippen LogP) is 2.46. The van der Waals surface area contributed by atoms with Crippen LogP contribution in [0.25, 0.3) is 16.8 Å². The summed E-state index contributed by atoms with van der Waals surface area (Å²) in [6, 6.07) is 2.23. The van der Waals surface area contributed by atoms with Crippen LogP contribution in [0.5, 0.6) is 0 Å². The van der Waals surface area contributed by atoms with E-state index in [9.17, 15) is 13.6 Å². The Morgan fingerprint density at radius 2 is 2.05 bits per heavy atom. The molecule has 0 aliphatic heterocycles. The lowest BCUT2D eigenvalue weighted by Crippen LogP contribution is -2.00. The number of carbonyl (C=O) groups is 1. The highest BCUT2D eigenvalue weighted by Gasteiger charge is 2.17. The second kappa shape index (κ2) is 4.62. The minimum absolute atomic E-state index is 0.0669. The molecule has 7 heteroatoms. The van der Waals surface area contributed by atoms with E-state index in [1.54, 1.807) is 0 Å². The molecule has 106 valence electrons. The van der Waals surface area contributed by atoms with Crippen LogP contribution in [0.3, 0.4) is 0 Å². The van der Waals surface area contributed by atoms with Crippen molar-refractivity contribution >= 4 is 17.0 Å². The number of benzene rings is 1. The fraction of sp³-hybridized carbons (Fsp3) is 0.0714. The van der Waals surface area contributed by atoms with Crippen molar-refractivity contribution in [2.45, 2.75) is 6.92 Å². The largest absolute Gasteiger partial charge is 0.396 e. The summed E-state index contributed by atoms with van der Waals surface area (Å²) in [5.74, 6) is -1.84. The van der Waals surface area contributed by atoms with Crippen molar-refractivity contribution in [3.63, 3.8) is 0 Å². The number of imidazole rings is 1. The zero-order valence-corrected chi connectivity index (χ0v) is 11.0. The average Bonchev–Trinajstić information content (AvgIpc) is 2.87. The monoisotopic (exact) mass is 288 g/mol. The Labute approximate surface area is 118 Å². The van der Waals surface area contributed by atoms with Crippen molar-refractivity contribution in [1.82, 2.24) is 14.4 Å². The number of hydrogen-bond donors (Lipinski definition) is 1. The number of ketones is 1. The van der Waals surface area contributed by atoms with Gasteiger partial charge in [-0.25, -0.2) is 13.8 Å². The van der Waals surface area contributed by atoms with Gasteiger partial charge in [-0.15, -0.1) is 0 Å². The van der Waals surface area contributed by atoms with Gasteiger partial charge < -0.3 is 10.1 Å². The Balaban J connectivity index is 2.23. The number of carbonyl (C=O) groups excluding carboxylic acids is 1. The second-order valence-corrected chi connectivity index (χ2v) is 4.54. The third-order valence-corrected chi connectivity index (χ3v) is 3.13. The maximum absolute atomic E-state index is 14.0. The van der Waals surface area contributed by atoms with E-state index in [1.165, 1.54) is 30.0 Å². The standard InChI is InChI=1S/C14H10F2N4O/c1-7(21)14-11-4-18-10(5-20(11)6-19-14)12-8(15)2-3-9(17)13(12)16/h2-6H,17H2,1H3. The number of nitrogen functional groups attached to an aromatic ring is 1. The van der Waals surface area contributed by atoms with Gasteiger partial charge in [0.15, 0.2) is 11.6 Å². The van der Waals surface area contributed by atoms with Gasteiger partial charge in [-0.1, -0.05) is 0 Å². The number of nitrogens with two attached hydrogens (primary N) is 1. The van der Waals surface area contributed by atoms with Crippen molar-refractivity contribution in [2.24, 2.45) is 0 Å². The van der Waals surface area contributed by atoms with Gasteiger partial charge in [0.1, 0.15) is 17.8 Å². The van der Waals surface area contributed by atoms with Crippen molar-refractivity contribution in [3.8, 4) is 11.3 Å². The highest BCUT2D eigenvalue weighted by atomic mass is 19.1. The van der Waals surface area contributed by atoms with Crippen molar-refractivity contribution < 1.29 is 13.6 Å². The first kappa shape index (κ1) is 13.2. The minimum Gasteiger partial charge on any atom is -0.396 e. The third kappa shape index (κ3) is 2.03. The van der Waals surface area contributed by atoms with E-state index in [2.05, 4.69) is 9.97 Å². The molecular formula is C14H10F2N4O. The fourth-order valence-electron chi connectivity index (χ4n) is 2.10. The Morgan fingerprint density at radius 1 is 1.29 bits per heavy atom. The molecule has 3 rings (SSSR count). The molecule has 0 unspecified atom stereocenters. The Morgan fingerprint density at radius 3 is 2.76 bits per heavy atom. The summed E-state index contributed by atoms with van der Waals surface area (Å²) >= 11 is 0. The summed E-state index contributed by atoms with van der Waals surface area (Å²) in [4.78, 5) is 19.3. The van der Waals surface area contributed by atoms with E-state index < -0.39 is 11.6 Å². The van der Waals surface area contributed by atoms with Gasteiger partial charge in [0.05, 0.1) is 28.7 Å². The molecule has 5 nitrogen and oxygen atoms in total. The quantitative estimate of drug-likeness (QED) is 0.580. The Kier molecular flexibility index (Phi) is 2.90.